The SMILES string of the molecule is I.NC(=NC1CC(c2ccccc2F)C1)N1CCN(c2ncccn2)CC1. The van der Waals surface area contributed by atoms with Crippen LogP contribution in [-0.2, 0) is 0 Å². The molecule has 1 saturated carbocycles. The highest BCUT2D eigenvalue weighted by molar-refractivity contribution is 14.0. The van der Waals surface area contributed by atoms with Crippen LogP contribution in [0.5, 0.6) is 0 Å². The van der Waals surface area contributed by atoms with Gasteiger partial charge in [0, 0.05) is 38.6 Å². The van der Waals surface area contributed by atoms with Gasteiger partial charge in [0.1, 0.15) is 5.82 Å². The number of benzene rings is 1. The van der Waals surface area contributed by atoms with E-state index in [-0.39, 0.29) is 41.8 Å². The van der Waals surface area contributed by atoms with Crippen LogP contribution in [0.25, 0.3) is 0 Å². The van der Waals surface area contributed by atoms with Crippen LogP contribution in [-0.4, -0.2) is 53.0 Å². The fourth-order valence-corrected chi connectivity index (χ4v) is 3.61. The summed E-state index contributed by atoms with van der Waals surface area (Å²) < 4.78 is 13.8. The van der Waals surface area contributed by atoms with Gasteiger partial charge in [-0.15, -0.1) is 24.0 Å². The van der Waals surface area contributed by atoms with E-state index in [9.17, 15) is 4.39 Å². The molecule has 1 saturated heterocycles. The Morgan fingerprint density at radius 1 is 1.04 bits per heavy atom. The Hall–Kier alpha value is -1.97. The summed E-state index contributed by atoms with van der Waals surface area (Å²) in [6, 6.07) is 9.02. The summed E-state index contributed by atoms with van der Waals surface area (Å²) >= 11 is 0. The highest BCUT2D eigenvalue weighted by Gasteiger charge is 2.32. The largest absolute Gasteiger partial charge is 0.370 e. The second kappa shape index (κ2) is 8.81. The molecule has 2 N–H and O–H groups in total. The number of aromatic nitrogens is 2. The molecule has 8 heteroatoms. The smallest absolute Gasteiger partial charge is 0.225 e. The van der Waals surface area contributed by atoms with Gasteiger partial charge in [-0.2, -0.15) is 0 Å². The van der Waals surface area contributed by atoms with Gasteiger partial charge in [0.2, 0.25) is 5.95 Å². The van der Waals surface area contributed by atoms with Crippen molar-refractivity contribution in [2.24, 2.45) is 10.7 Å². The summed E-state index contributed by atoms with van der Waals surface area (Å²) in [4.78, 5) is 17.5. The molecule has 2 fully saturated rings. The number of anilines is 1. The second-order valence-electron chi connectivity index (χ2n) is 6.85. The van der Waals surface area contributed by atoms with Crippen molar-refractivity contribution in [1.82, 2.24) is 14.9 Å². The summed E-state index contributed by atoms with van der Waals surface area (Å²) in [7, 11) is 0. The van der Waals surface area contributed by atoms with Crippen LogP contribution in [0, 0.1) is 5.82 Å². The van der Waals surface area contributed by atoms with Gasteiger partial charge in [0.05, 0.1) is 6.04 Å². The van der Waals surface area contributed by atoms with Crippen molar-refractivity contribution in [3.05, 3.63) is 54.1 Å². The molecule has 0 spiro atoms. The van der Waals surface area contributed by atoms with Crippen molar-refractivity contribution in [2.45, 2.75) is 24.8 Å². The van der Waals surface area contributed by atoms with Crippen LogP contribution in [0.4, 0.5) is 10.3 Å². The van der Waals surface area contributed by atoms with E-state index in [0.29, 0.717) is 5.96 Å². The standard InChI is InChI=1S/C19H23FN6.HI/c20-17-5-2-1-4-16(17)14-12-15(13-14)24-18(21)25-8-10-26(11-9-25)19-22-6-3-7-23-19;/h1-7,14-15H,8-13H2,(H2,21,24);1H. The Bertz CT molecular complexity index is 773. The average molecular weight is 482 g/mol. The highest BCUT2D eigenvalue weighted by atomic mass is 127. The lowest BCUT2D eigenvalue weighted by Crippen LogP contribution is -2.52. The monoisotopic (exact) mass is 482 g/mol. The molecule has 144 valence electrons. The van der Waals surface area contributed by atoms with Gasteiger partial charge in [-0.1, -0.05) is 18.2 Å². The first-order valence-electron chi connectivity index (χ1n) is 9.05. The first kappa shape index (κ1) is 19.8. The molecule has 0 radical (unpaired) electrons. The number of hydrogen-bond donors (Lipinski definition) is 1. The molecule has 1 aliphatic carbocycles. The van der Waals surface area contributed by atoms with E-state index in [1.807, 2.05) is 18.2 Å². The minimum Gasteiger partial charge on any atom is -0.370 e. The maximum Gasteiger partial charge on any atom is 0.225 e. The number of halogens is 2. The van der Waals surface area contributed by atoms with Gasteiger partial charge in [0.25, 0.3) is 0 Å². The van der Waals surface area contributed by atoms with Crippen molar-refractivity contribution in [3.63, 3.8) is 0 Å². The molecule has 0 atom stereocenters. The third-order valence-electron chi connectivity index (χ3n) is 5.21. The Balaban J connectivity index is 0.00000210. The van der Waals surface area contributed by atoms with Crippen molar-refractivity contribution < 1.29 is 4.39 Å². The van der Waals surface area contributed by atoms with E-state index in [1.165, 1.54) is 6.07 Å². The second-order valence-corrected chi connectivity index (χ2v) is 6.85. The third-order valence-corrected chi connectivity index (χ3v) is 5.21. The van der Waals surface area contributed by atoms with Crippen LogP contribution in [0.15, 0.2) is 47.7 Å². The van der Waals surface area contributed by atoms with Gasteiger partial charge < -0.3 is 15.5 Å². The van der Waals surface area contributed by atoms with E-state index < -0.39 is 0 Å². The molecular weight excluding hydrogens is 458 g/mol. The number of piperazine rings is 1. The van der Waals surface area contributed by atoms with Gasteiger partial charge in [-0.25, -0.2) is 19.4 Å². The van der Waals surface area contributed by atoms with E-state index in [2.05, 4.69) is 24.8 Å². The number of rotatable bonds is 3. The normalized spacial score (nSPS) is 22.8. The summed E-state index contributed by atoms with van der Waals surface area (Å²) in [5.74, 6) is 1.49. The average Bonchev–Trinajstić information content (AvgIpc) is 2.66. The summed E-state index contributed by atoms with van der Waals surface area (Å²) in [6.45, 7) is 3.25. The van der Waals surface area contributed by atoms with Crippen molar-refractivity contribution in [2.75, 3.05) is 31.1 Å². The molecule has 1 aromatic heterocycles. The number of nitrogens with zero attached hydrogens (tertiary/aromatic N) is 5. The fourth-order valence-electron chi connectivity index (χ4n) is 3.61. The van der Waals surface area contributed by atoms with Crippen molar-refractivity contribution >= 4 is 35.9 Å². The lowest BCUT2D eigenvalue weighted by molar-refractivity contribution is 0.330. The molecule has 0 bridgehead atoms. The molecule has 0 amide bonds. The number of guanidine groups is 1. The molecule has 2 aromatic rings. The minimum atomic E-state index is -0.118. The van der Waals surface area contributed by atoms with Gasteiger partial charge in [-0.3, -0.25) is 0 Å². The molecular formula is C19H24FIN6. The zero-order chi connectivity index (χ0) is 17.9. The Labute approximate surface area is 175 Å². The molecule has 27 heavy (non-hydrogen) atoms. The minimum absolute atomic E-state index is 0. The predicted octanol–water partition coefficient (Wildman–Crippen LogP) is 2.62. The van der Waals surface area contributed by atoms with Crippen LogP contribution >= 0.6 is 24.0 Å². The van der Waals surface area contributed by atoms with E-state index in [4.69, 9.17) is 5.73 Å². The molecule has 4 rings (SSSR count). The lowest BCUT2D eigenvalue weighted by Gasteiger charge is -2.37. The van der Waals surface area contributed by atoms with E-state index in [0.717, 1.165) is 50.5 Å². The zero-order valence-electron chi connectivity index (χ0n) is 15.0. The topological polar surface area (TPSA) is 70.6 Å². The van der Waals surface area contributed by atoms with Gasteiger partial charge in [-0.05, 0) is 36.5 Å². The van der Waals surface area contributed by atoms with Crippen LogP contribution in [0.2, 0.25) is 0 Å². The van der Waals surface area contributed by atoms with Crippen molar-refractivity contribution in [1.29, 1.82) is 0 Å². The van der Waals surface area contributed by atoms with Crippen molar-refractivity contribution in [3.8, 4) is 0 Å². The Morgan fingerprint density at radius 2 is 1.70 bits per heavy atom. The number of nitrogens with two attached hydrogens (primary N) is 1. The summed E-state index contributed by atoms with van der Waals surface area (Å²) in [5.41, 5.74) is 7.01. The fraction of sp³-hybridized carbons (Fsp3) is 0.421. The summed E-state index contributed by atoms with van der Waals surface area (Å²) in [5, 5.41) is 0. The maximum absolute atomic E-state index is 13.8. The number of aliphatic imine (C=N–C) groups is 1. The number of hydrogen-bond acceptors (Lipinski definition) is 4. The Kier molecular flexibility index (Phi) is 6.46. The third kappa shape index (κ3) is 4.48. The van der Waals surface area contributed by atoms with Gasteiger partial charge >= 0.3 is 0 Å². The van der Waals surface area contributed by atoms with Crippen LogP contribution in [0.1, 0.15) is 24.3 Å². The van der Waals surface area contributed by atoms with Gasteiger partial charge in [0.15, 0.2) is 5.96 Å². The maximum atomic E-state index is 13.8. The van der Waals surface area contributed by atoms with E-state index >= 15 is 0 Å². The molecule has 1 aromatic carbocycles. The molecule has 2 heterocycles. The first-order valence-corrected chi connectivity index (χ1v) is 9.05. The zero-order valence-corrected chi connectivity index (χ0v) is 17.4. The Morgan fingerprint density at radius 3 is 2.37 bits per heavy atom. The van der Waals surface area contributed by atoms with E-state index in [1.54, 1.807) is 18.5 Å². The predicted molar refractivity (Wildman–Crippen MR) is 115 cm³/mol. The first-order chi connectivity index (χ1) is 12.7. The summed E-state index contributed by atoms with van der Waals surface area (Å²) in [6.07, 6.45) is 5.24. The van der Waals surface area contributed by atoms with Crippen LogP contribution < -0.4 is 10.6 Å². The molecule has 6 nitrogen and oxygen atoms in total. The molecule has 1 aliphatic heterocycles. The lowest BCUT2D eigenvalue weighted by atomic mass is 9.76. The van der Waals surface area contributed by atoms with Crippen LogP contribution in [0.3, 0.4) is 0 Å². The quantitative estimate of drug-likeness (QED) is 0.414. The molecule has 2 aliphatic rings. The molecule has 0 unspecified atom stereocenters. The highest BCUT2D eigenvalue weighted by Crippen LogP contribution is 2.39.